The molecule has 1 aromatic carbocycles. The van der Waals surface area contributed by atoms with Gasteiger partial charge in [0.15, 0.2) is 5.84 Å². The summed E-state index contributed by atoms with van der Waals surface area (Å²) in [6.45, 7) is 5.70. The van der Waals surface area contributed by atoms with Crippen molar-refractivity contribution in [3.63, 3.8) is 0 Å². The number of hydrogen-bond donors (Lipinski definition) is 3. The summed E-state index contributed by atoms with van der Waals surface area (Å²) in [4.78, 5) is 30.0. The molecule has 11 nitrogen and oxygen atoms in total. The summed E-state index contributed by atoms with van der Waals surface area (Å²) < 4.78 is 4.94. The van der Waals surface area contributed by atoms with E-state index in [1.807, 2.05) is 37.3 Å². The lowest BCUT2D eigenvalue weighted by Gasteiger charge is -2.18. The molecule has 5 N–H and O–H groups in total. The minimum Gasteiger partial charge on any atom is -0.380 e. The SMILES string of the molecule is C=C(/N=C(N)\N=C(/N)c1noc(C(=O)Nc2ccc(C)nc2)n1)N(C)c1ccccc1. The van der Waals surface area contributed by atoms with Gasteiger partial charge in [-0.1, -0.05) is 29.9 Å². The number of guanidine groups is 1. The average molecular weight is 419 g/mol. The number of carbonyl (C=O) groups is 1. The molecule has 1 amide bonds. The van der Waals surface area contributed by atoms with E-state index in [9.17, 15) is 4.79 Å². The Kier molecular flexibility index (Phi) is 6.36. The zero-order valence-corrected chi connectivity index (χ0v) is 17.0. The van der Waals surface area contributed by atoms with Gasteiger partial charge in [-0.25, -0.2) is 0 Å². The number of aromatic nitrogens is 3. The Balaban J connectivity index is 1.68. The number of amidine groups is 1. The van der Waals surface area contributed by atoms with Crippen LogP contribution in [0.5, 0.6) is 0 Å². The summed E-state index contributed by atoms with van der Waals surface area (Å²) in [6, 6.07) is 12.9. The summed E-state index contributed by atoms with van der Waals surface area (Å²) >= 11 is 0. The second kappa shape index (κ2) is 9.31. The molecule has 0 saturated heterocycles. The first-order chi connectivity index (χ1) is 14.8. The third-order valence-electron chi connectivity index (χ3n) is 4.03. The number of rotatable bonds is 6. The van der Waals surface area contributed by atoms with Crippen molar-refractivity contribution in [3.05, 3.63) is 78.5 Å². The van der Waals surface area contributed by atoms with Gasteiger partial charge in [-0.05, 0) is 31.2 Å². The highest BCUT2D eigenvalue weighted by Crippen LogP contribution is 2.16. The van der Waals surface area contributed by atoms with Gasteiger partial charge in [0.2, 0.25) is 11.8 Å². The van der Waals surface area contributed by atoms with Crippen molar-refractivity contribution >= 4 is 29.1 Å². The molecule has 31 heavy (non-hydrogen) atoms. The molecular weight excluding hydrogens is 398 g/mol. The minimum absolute atomic E-state index is 0.104. The van der Waals surface area contributed by atoms with Gasteiger partial charge in [-0.2, -0.15) is 15.0 Å². The van der Waals surface area contributed by atoms with E-state index >= 15 is 0 Å². The molecule has 0 unspecified atom stereocenters. The summed E-state index contributed by atoms with van der Waals surface area (Å²) in [5.41, 5.74) is 13.9. The number of carbonyl (C=O) groups excluding carboxylic acids is 1. The zero-order valence-electron chi connectivity index (χ0n) is 17.0. The Morgan fingerprint density at radius 3 is 2.58 bits per heavy atom. The van der Waals surface area contributed by atoms with E-state index in [-0.39, 0.29) is 23.5 Å². The lowest BCUT2D eigenvalue weighted by Crippen LogP contribution is -2.23. The number of hydrogen-bond acceptors (Lipinski definition) is 7. The summed E-state index contributed by atoms with van der Waals surface area (Å²) in [6.07, 6.45) is 1.51. The number of benzene rings is 1. The molecule has 0 atom stereocenters. The molecule has 0 aliphatic carbocycles. The number of para-hydroxylation sites is 1. The summed E-state index contributed by atoms with van der Waals surface area (Å²) in [7, 11) is 1.79. The van der Waals surface area contributed by atoms with Gasteiger partial charge in [0.25, 0.3) is 0 Å². The zero-order chi connectivity index (χ0) is 22.4. The number of pyridine rings is 1. The molecular formula is C20H21N9O2. The van der Waals surface area contributed by atoms with Gasteiger partial charge in [-0.3, -0.25) is 9.78 Å². The van der Waals surface area contributed by atoms with Crippen LogP contribution in [-0.4, -0.2) is 39.9 Å². The highest BCUT2D eigenvalue weighted by molar-refractivity contribution is 6.04. The summed E-state index contributed by atoms with van der Waals surface area (Å²) in [5, 5.41) is 6.23. The fourth-order valence-electron chi connectivity index (χ4n) is 2.35. The molecule has 3 aromatic rings. The van der Waals surface area contributed by atoms with Gasteiger partial charge in [-0.15, -0.1) is 0 Å². The predicted molar refractivity (Wildman–Crippen MR) is 118 cm³/mol. The van der Waals surface area contributed by atoms with Crippen LogP contribution >= 0.6 is 0 Å². The van der Waals surface area contributed by atoms with Crippen LogP contribution in [0.25, 0.3) is 0 Å². The van der Waals surface area contributed by atoms with Crippen molar-refractivity contribution in [2.24, 2.45) is 21.5 Å². The highest BCUT2D eigenvalue weighted by Gasteiger charge is 2.17. The van der Waals surface area contributed by atoms with Crippen LogP contribution in [0.2, 0.25) is 0 Å². The van der Waals surface area contributed by atoms with E-state index in [0.717, 1.165) is 11.4 Å². The maximum atomic E-state index is 12.2. The standard InChI is InChI=1S/C20H21N9O2/c1-12-9-10-14(11-23-12)25-18(30)19-27-17(28-31-19)16(21)26-20(22)24-13(2)29(3)15-7-5-4-6-8-15/h4-11H,2H2,1,3H3,(H,25,30)(H4,21,22,24,26). The molecule has 0 saturated carbocycles. The first-order valence-corrected chi connectivity index (χ1v) is 9.07. The third-order valence-corrected chi connectivity index (χ3v) is 4.03. The van der Waals surface area contributed by atoms with Crippen molar-refractivity contribution in [1.29, 1.82) is 0 Å². The van der Waals surface area contributed by atoms with Gasteiger partial charge in [0.1, 0.15) is 5.82 Å². The van der Waals surface area contributed by atoms with Crippen molar-refractivity contribution in [3.8, 4) is 0 Å². The lowest BCUT2D eigenvalue weighted by molar-refractivity contribution is 0.0981. The van der Waals surface area contributed by atoms with Crippen molar-refractivity contribution in [2.45, 2.75) is 6.92 Å². The van der Waals surface area contributed by atoms with Crippen LogP contribution < -0.4 is 21.7 Å². The molecule has 158 valence electrons. The maximum absolute atomic E-state index is 12.2. The van der Waals surface area contributed by atoms with Crippen LogP contribution in [0.3, 0.4) is 0 Å². The molecule has 2 aromatic heterocycles. The van der Waals surface area contributed by atoms with Crippen molar-refractivity contribution in [1.82, 2.24) is 15.1 Å². The predicted octanol–water partition coefficient (Wildman–Crippen LogP) is 1.65. The molecule has 11 heteroatoms. The monoisotopic (exact) mass is 419 g/mol. The van der Waals surface area contributed by atoms with E-state index in [0.29, 0.717) is 11.5 Å². The van der Waals surface area contributed by atoms with Gasteiger partial charge >= 0.3 is 11.8 Å². The van der Waals surface area contributed by atoms with E-state index in [1.165, 1.54) is 6.20 Å². The Hall–Kier alpha value is -4.54. The first-order valence-electron chi connectivity index (χ1n) is 9.07. The molecule has 0 fully saturated rings. The fraction of sp³-hybridized carbons (Fsp3) is 0.100. The Morgan fingerprint density at radius 2 is 1.90 bits per heavy atom. The number of nitrogens with one attached hydrogen (secondary N) is 1. The number of aliphatic imine (C=N–C) groups is 2. The molecule has 0 spiro atoms. The van der Waals surface area contributed by atoms with Crippen molar-refractivity contribution in [2.75, 3.05) is 17.3 Å². The highest BCUT2D eigenvalue weighted by atomic mass is 16.5. The van der Waals surface area contributed by atoms with E-state index < -0.39 is 5.91 Å². The first kappa shape index (κ1) is 21.2. The molecule has 0 radical (unpaired) electrons. The largest absolute Gasteiger partial charge is 0.380 e. The number of nitrogens with zero attached hydrogens (tertiary/aromatic N) is 6. The molecule has 0 aliphatic heterocycles. The average Bonchev–Trinajstić information content (AvgIpc) is 3.26. The van der Waals surface area contributed by atoms with Gasteiger partial charge in [0.05, 0.1) is 11.9 Å². The Bertz CT molecular complexity index is 1130. The van der Waals surface area contributed by atoms with Crippen LogP contribution in [0.4, 0.5) is 11.4 Å². The normalized spacial score (nSPS) is 11.8. The number of aryl methyl sites for hydroxylation is 1. The quantitative estimate of drug-likeness (QED) is 0.401. The minimum atomic E-state index is -0.614. The fourth-order valence-corrected chi connectivity index (χ4v) is 2.35. The molecule has 3 rings (SSSR count). The van der Waals surface area contributed by atoms with Gasteiger partial charge < -0.3 is 26.2 Å². The number of amides is 1. The van der Waals surface area contributed by atoms with Crippen LogP contribution in [-0.2, 0) is 0 Å². The van der Waals surface area contributed by atoms with Crippen LogP contribution in [0.1, 0.15) is 22.2 Å². The Morgan fingerprint density at radius 1 is 1.16 bits per heavy atom. The van der Waals surface area contributed by atoms with E-state index in [4.69, 9.17) is 16.0 Å². The molecule has 2 heterocycles. The van der Waals surface area contributed by atoms with Crippen LogP contribution in [0.15, 0.2) is 75.6 Å². The second-order valence-corrected chi connectivity index (χ2v) is 6.34. The Labute approximate surface area is 178 Å². The lowest BCUT2D eigenvalue weighted by atomic mass is 10.3. The second-order valence-electron chi connectivity index (χ2n) is 6.34. The van der Waals surface area contributed by atoms with Crippen LogP contribution in [0, 0.1) is 6.92 Å². The van der Waals surface area contributed by atoms with Gasteiger partial charge in [0, 0.05) is 18.4 Å². The maximum Gasteiger partial charge on any atom is 0.316 e. The number of nitrogens with two attached hydrogens (primary N) is 2. The third kappa shape index (κ3) is 5.50. The smallest absolute Gasteiger partial charge is 0.316 e. The van der Waals surface area contributed by atoms with Crippen molar-refractivity contribution < 1.29 is 9.32 Å². The van der Waals surface area contributed by atoms with E-state index in [1.54, 1.807) is 24.1 Å². The van der Waals surface area contributed by atoms with E-state index in [2.05, 4.69) is 37.0 Å². The molecule has 0 bridgehead atoms. The topological polar surface area (TPSA) is 161 Å². The summed E-state index contributed by atoms with van der Waals surface area (Å²) in [5.74, 6) is -0.996. The number of anilines is 2. The molecule has 0 aliphatic rings.